The summed E-state index contributed by atoms with van der Waals surface area (Å²) < 4.78 is 8.78. The Bertz CT molecular complexity index is 3650. The lowest BCUT2D eigenvalue weighted by atomic mass is 9.88. The van der Waals surface area contributed by atoms with E-state index in [1.165, 1.54) is 38.6 Å². The first kappa shape index (κ1) is 35.4. The molecule has 3 aromatic heterocycles. The van der Waals surface area contributed by atoms with Crippen molar-refractivity contribution in [2.45, 2.75) is 5.92 Å². The van der Waals surface area contributed by atoms with Gasteiger partial charge < -0.3 is 8.98 Å². The number of rotatable bonds is 6. The molecule has 5 nitrogen and oxygen atoms in total. The largest absolute Gasteiger partial charge is 0.456 e. The number of aromatic nitrogens is 4. The van der Waals surface area contributed by atoms with Crippen molar-refractivity contribution in [1.29, 1.82) is 0 Å². The highest BCUT2D eigenvalue weighted by atomic mass is 16.3. The summed E-state index contributed by atoms with van der Waals surface area (Å²) in [6.45, 7) is 0. The van der Waals surface area contributed by atoms with Crippen molar-refractivity contribution >= 4 is 43.7 Å². The summed E-state index contributed by atoms with van der Waals surface area (Å²) >= 11 is 0. The topological polar surface area (TPSA) is 56.7 Å². The maximum atomic E-state index is 6.39. The van der Waals surface area contributed by atoms with Crippen molar-refractivity contribution in [2.24, 2.45) is 0 Å². The van der Waals surface area contributed by atoms with Gasteiger partial charge in [0.25, 0.3) is 0 Å². The Hall–Kier alpha value is -8.41. The molecule has 0 unspecified atom stereocenters. The van der Waals surface area contributed by atoms with Gasteiger partial charge in [-0.05, 0) is 81.4 Å². The van der Waals surface area contributed by atoms with Gasteiger partial charge in [0.05, 0.1) is 16.7 Å². The highest BCUT2D eigenvalue weighted by Gasteiger charge is 2.30. The quantitative estimate of drug-likeness (QED) is 0.168. The van der Waals surface area contributed by atoms with Crippen LogP contribution < -0.4 is 0 Å². The number of hydrogen-bond acceptors (Lipinski definition) is 4. The summed E-state index contributed by atoms with van der Waals surface area (Å²) in [4.78, 5) is 15.7. The van der Waals surface area contributed by atoms with Gasteiger partial charge in [-0.15, -0.1) is 0 Å². The van der Waals surface area contributed by atoms with Crippen molar-refractivity contribution in [3.63, 3.8) is 0 Å². The number of benzene rings is 9. The third kappa shape index (κ3) is 5.60. The normalized spacial score (nSPS) is 12.4. The van der Waals surface area contributed by atoms with Crippen LogP contribution in [0.15, 0.2) is 217 Å². The van der Waals surface area contributed by atoms with E-state index in [9.17, 15) is 0 Å². The van der Waals surface area contributed by atoms with Crippen LogP contribution in [0.5, 0.6) is 0 Å². The van der Waals surface area contributed by atoms with Crippen molar-refractivity contribution < 1.29 is 4.42 Å². The van der Waals surface area contributed by atoms with Gasteiger partial charge in [-0.3, -0.25) is 0 Å². The third-order valence-electron chi connectivity index (χ3n) is 12.8. The molecular weight excluding hydrogens is 769 g/mol. The van der Waals surface area contributed by atoms with Gasteiger partial charge in [0.2, 0.25) is 0 Å². The first-order valence-corrected chi connectivity index (χ1v) is 21.4. The molecule has 0 radical (unpaired) electrons. The zero-order valence-corrected chi connectivity index (χ0v) is 34.0. The summed E-state index contributed by atoms with van der Waals surface area (Å²) in [5.74, 6) is 1.95. The van der Waals surface area contributed by atoms with Crippen LogP contribution in [-0.2, 0) is 0 Å². The molecule has 1 aliphatic rings. The maximum absolute atomic E-state index is 6.39. The van der Waals surface area contributed by atoms with Gasteiger partial charge in [0.15, 0.2) is 17.5 Å². The van der Waals surface area contributed by atoms with E-state index in [2.05, 4.69) is 162 Å². The minimum atomic E-state index is 0.138. The molecule has 5 heteroatoms. The zero-order valence-electron chi connectivity index (χ0n) is 34.0. The Morgan fingerprint density at radius 3 is 1.67 bits per heavy atom. The zero-order chi connectivity index (χ0) is 41.4. The van der Waals surface area contributed by atoms with E-state index < -0.39 is 0 Å². The third-order valence-corrected chi connectivity index (χ3v) is 12.8. The maximum Gasteiger partial charge on any atom is 0.166 e. The predicted molar refractivity (Wildman–Crippen MR) is 256 cm³/mol. The second-order valence-electron chi connectivity index (χ2n) is 16.3. The average Bonchev–Trinajstić information content (AvgIpc) is 4.02. The van der Waals surface area contributed by atoms with Crippen LogP contribution in [-0.4, -0.2) is 19.5 Å². The average molecular weight is 805 g/mol. The SMILES string of the molecule is c1ccc(-c2nc(-c3ccccc3)nc(-c3cc(-c4cccc5oc6ccccc6c45)ccc3-n3c4ccccc4c4cc(C5c6ccccc6-c6ccccc65)ccc43)n2)cc1. The predicted octanol–water partition coefficient (Wildman–Crippen LogP) is 14.7. The van der Waals surface area contributed by atoms with Gasteiger partial charge in [-0.1, -0.05) is 170 Å². The lowest BCUT2D eigenvalue weighted by molar-refractivity contribution is 0.669. The number of fused-ring (bicyclic) bond motifs is 9. The minimum Gasteiger partial charge on any atom is -0.456 e. The number of nitrogens with zero attached hydrogens (tertiary/aromatic N) is 4. The number of para-hydroxylation sites is 2. The molecule has 0 N–H and O–H groups in total. The fraction of sp³-hybridized carbons (Fsp3) is 0.0172. The molecule has 0 amide bonds. The molecule has 0 saturated heterocycles. The molecule has 12 aromatic rings. The molecule has 0 aliphatic heterocycles. The number of hydrogen-bond donors (Lipinski definition) is 0. The van der Waals surface area contributed by atoms with Crippen LogP contribution in [0.25, 0.3) is 106 Å². The van der Waals surface area contributed by atoms with E-state index >= 15 is 0 Å². The minimum absolute atomic E-state index is 0.138. The smallest absolute Gasteiger partial charge is 0.166 e. The molecule has 294 valence electrons. The molecule has 1 aliphatic carbocycles. The molecular formula is C58H36N4O. The van der Waals surface area contributed by atoms with Crippen LogP contribution in [0, 0.1) is 0 Å². The van der Waals surface area contributed by atoms with Crippen molar-refractivity contribution in [2.75, 3.05) is 0 Å². The first-order valence-electron chi connectivity index (χ1n) is 21.4. The molecule has 0 atom stereocenters. The van der Waals surface area contributed by atoms with E-state index in [0.29, 0.717) is 17.5 Å². The lowest BCUT2D eigenvalue weighted by Gasteiger charge is -2.17. The summed E-state index contributed by atoms with van der Waals surface area (Å²) in [7, 11) is 0. The Kier molecular flexibility index (Phi) is 7.90. The molecule has 0 saturated carbocycles. The number of furan rings is 1. The van der Waals surface area contributed by atoms with Gasteiger partial charge in [0.1, 0.15) is 11.2 Å². The van der Waals surface area contributed by atoms with E-state index in [0.717, 1.165) is 66.5 Å². The van der Waals surface area contributed by atoms with Gasteiger partial charge in [-0.2, -0.15) is 0 Å². The van der Waals surface area contributed by atoms with E-state index in [1.807, 2.05) is 54.6 Å². The summed E-state index contributed by atoms with van der Waals surface area (Å²) in [6.07, 6.45) is 0. The Balaban J connectivity index is 1.08. The summed E-state index contributed by atoms with van der Waals surface area (Å²) in [6, 6.07) is 75.2. The van der Waals surface area contributed by atoms with Crippen LogP contribution in [0.3, 0.4) is 0 Å². The summed E-state index contributed by atoms with van der Waals surface area (Å²) in [5, 5.41) is 4.54. The Morgan fingerprint density at radius 2 is 0.937 bits per heavy atom. The lowest BCUT2D eigenvalue weighted by Crippen LogP contribution is -2.04. The van der Waals surface area contributed by atoms with Gasteiger partial charge >= 0.3 is 0 Å². The highest BCUT2D eigenvalue weighted by Crippen LogP contribution is 2.49. The van der Waals surface area contributed by atoms with Crippen LogP contribution in [0.4, 0.5) is 0 Å². The standard InChI is InChI=1S/C58H36N4O/c1-3-16-36(17-4-1)56-59-57(37-18-5-2-6-19-37)61-58(60-56)48-34-38(40-26-15-29-53-55(40)46-25-12-14-28-52(46)63-53)30-32-51(48)62-49-27-13-11-22-43(49)47-35-39(31-33-50(47)62)54-44-23-9-7-20-41(44)42-21-8-10-24-45(42)54/h1-35,54H. The molecule has 13 rings (SSSR count). The molecule has 0 bridgehead atoms. The second-order valence-corrected chi connectivity index (χ2v) is 16.3. The Labute approximate surface area is 363 Å². The van der Waals surface area contributed by atoms with E-state index in [4.69, 9.17) is 19.4 Å². The summed E-state index contributed by atoms with van der Waals surface area (Å²) in [5.41, 5.74) is 16.3. The van der Waals surface area contributed by atoms with Crippen molar-refractivity contribution in [3.8, 4) is 62.1 Å². The van der Waals surface area contributed by atoms with Crippen molar-refractivity contribution in [3.05, 3.63) is 229 Å². The molecule has 0 spiro atoms. The second kappa shape index (κ2) is 14.1. The molecule has 0 fully saturated rings. The molecule has 3 heterocycles. The molecule has 63 heavy (non-hydrogen) atoms. The highest BCUT2D eigenvalue weighted by molar-refractivity contribution is 6.13. The first-order chi connectivity index (χ1) is 31.2. The monoisotopic (exact) mass is 804 g/mol. The van der Waals surface area contributed by atoms with Crippen LogP contribution >= 0.6 is 0 Å². The van der Waals surface area contributed by atoms with Gasteiger partial charge in [-0.25, -0.2) is 15.0 Å². The van der Waals surface area contributed by atoms with E-state index in [1.54, 1.807) is 0 Å². The van der Waals surface area contributed by atoms with Gasteiger partial charge in [0, 0.05) is 44.2 Å². The Morgan fingerprint density at radius 1 is 0.365 bits per heavy atom. The van der Waals surface area contributed by atoms with Crippen molar-refractivity contribution in [1.82, 2.24) is 19.5 Å². The fourth-order valence-corrected chi connectivity index (χ4v) is 9.97. The fourth-order valence-electron chi connectivity index (χ4n) is 9.97. The van der Waals surface area contributed by atoms with Crippen LogP contribution in [0.1, 0.15) is 22.6 Å². The molecule has 9 aromatic carbocycles. The van der Waals surface area contributed by atoms with Crippen LogP contribution in [0.2, 0.25) is 0 Å². The van der Waals surface area contributed by atoms with E-state index in [-0.39, 0.29) is 5.92 Å².